The van der Waals surface area contributed by atoms with Crippen molar-refractivity contribution in [3.63, 3.8) is 0 Å². The van der Waals surface area contributed by atoms with Gasteiger partial charge in [-0.05, 0) is 137 Å². The van der Waals surface area contributed by atoms with Gasteiger partial charge in [0.15, 0.2) is 0 Å². The zero-order valence-electron chi connectivity index (χ0n) is 37.3. The number of nitrogens with zero attached hydrogens (tertiary/aromatic N) is 5. The first kappa shape index (κ1) is 45.5. The Morgan fingerprint density at radius 1 is 0.609 bits per heavy atom. The number of carbonyl (C=O) groups is 2. The number of nitriles is 2. The quantitative estimate of drug-likeness (QED) is 0.117. The van der Waals surface area contributed by atoms with E-state index in [-0.39, 0.29) is 18.3 Å². The van der Waals surface area contributed by atoms with Crippen molar-refractivity contribution in [3.05, 3.63) is 151 Å². The first-order valence-corrected chi connectivity index (χ1v) is 21.9. The molecule has 1 amide bonds. The number of rotatable bonds is 8. The van der Waals surface area contributed by atoms with Gasteiger partial charge in [-0.25, -0.2) is 14.8 Å². The molecule has 12 heteroatoms. The Kier molecular flexibility index (Phi) is 13.6. The zero-order chi connectivity index (χ0) is 44.5. The van der Waals surface area contributed by atoms with E-state index in [1.54, 1.807) is 6.07 Å². The fourth-order valence-electron chi connectivity index (χ4n) is 8.48. The average Bonchev–Trinajstić information content (AvgIpc) is 4.18. The van der Waals surface area contributed by atoms with Crippen LogP contribution in [-0.4, -0.2) is 68.0 Å². The molecule has 2 aliphatic heterocycles. The number of halogens is 1. The molecule has 0 unspecified atom stereocenters. The van der Waals surface area contributed by atoms with Crippen LogP contribution in [0.25, 0.3) is 22.5 Å². The highest BCUT2D eigenvalue weighted by molar-refractivity contribution is 5.98. The lowest BCUT2D eigenvalue weighted by atomic mass is 9.89. The fourth-order valence-corrected chi connectivity index (χ4v) is 8.48. The summed E-state index contributed by atoms with van der Waals surface area (Å²) in [5.41, 5.74) is 14.9. The molecule has 2 aromatic heterocycles. The normalized spacial score (nSPS) is 15.5. The van der Waals surface area contributed by atoms with E-state index < -0.39 is 5.97 Å². The highest BCUT2D eigenvalue weighted by Gasteiger charge is 2.34. The number of carbonyl (C=O) groups excluding carboxylic acids is 1. The number of benzene rings is 4. The van der Waals surface area contributed by atoms with Gasteiger partial charge < -0.3 is 25.3 Å². The molecular weight excluding hydrogens is 820 g/mol. The molecule has 0 bridgehead atoms. The number of aryl methyl sites for hydroxylation is 6. The third-order valence-corrected chi connectivity index (χ3v) is 12.8. The molecule has 6 aromatic rings. The fraction of sp³-hybridized carbons (Fsp3) is 0.346. The maximum Gasteiger partial charge on any atom is 0.335 e. The molecule has 4 heterocycles. The van der Waals surface area contributed by atoms with Crippen molar-refractivity contribution in [2.24, 2.45) is 0 Å². The van der Waals surface area contributed by atoms with Gasteiger partial charge in [0.2, 0.25) is 0 Å². The number of aromatic carboxylic acids is 1. The number of carboxylic acids is 1. The Balaban J connectivity index is 0.000000158. The minimum absolute atomic E-state index is 0. The number of nitrogens with one attached hydrogen (secondary N) is 3. The summed E-state index contributed by atoms with van der Waals surface area (Å²) in [5, 5.41) is 30.0. The van der Waals surface area contributed by atoms with Crippen LogP contribution in [0.1, 0.15) is 138 Å². The van der Waals surface area contributed by atoms with E-state index in [0.717, 1.165) is 92.0 Å². The monoisotopic (exact) mass is 874 g/mol. The molecule has 0 spiro atoms. The first-order valence-electron chi connectivity index (χ1n) is 21.9. The predicted molar refractivity (Wildman–Crippen MR) is 251 cm³/mol. The zero-order valence-corrected chi connectivity index (χ0v) is 38.1. The summed E-state index contributed by atoms with van der Waals surface area (Å²) in [7, 11) is 0. The van der Waals surface area contributed by atoms with Crippen molar-refractivity contribution in [1.29, 1.82) is 10.5 Å². The molecule has 4 aromatic carbocycles. The third kappa shape index (κ3) is 9.82. The summed E-state index contributed by atoms with van der Waals surface area (Å²) in [6.45, 7) is 15.5. The van der Waals surface area contributed by atoms with Gasteiger partial charge in [0.25, 0.3) is 5.91 Å². The molecular formula is C52H55ClN8O3. The van der Waals surface area contributed by atoms with Crippen molar-refractivity contribution in [1.82, 2.24) is 30.2 Å². The van der Waals surface area contributed by atoms with Crippen LogP contribution in [-0.2, 0) is 0 Å². The summed E-state index contributed by atoms with van der Waals surface area (Å²) in [5.74, 6) is 3.43. The lowest BCUT2D eigenvalue weighted by molar-refractivity contribution is 0.0601. The smallest absolute Gasteiger partial charge is 0.335 e. The van der Waals surface area contributed by atoms with Crippen LogP contribution in [0, 0.1) is 64.2 Å². The molecule has 328 valence electrons. The van der Waals surface area contributed by atoms with Gasteiger partial charge in [-0.2, -0.15) is 10.5 Å². The Morgan fingerprint density at radius 2 is 1.03 bits per heavy atom. The Hall–Kier alpha value is -6.53. The molecule has 64 heavy (non-hydrogen) atoms. The standard InChI is InChI=1S/C26H26N4O.C16H18N2O2.C10H10N2.ClH/c1-15-10-16(2)23(11-22(15)24-17(3)28-25(29-24)20-8-9-20)26(31)30-13-21(14-30)19-6-4-18(12-27)5-7-19;1-8-6-9(2)13(16(19)20)7-12(8)14-10(3)17-15(18-14)11-4-5-11;11-5-8-1-3-9(4-2-8)10-6-12-7-10;/h4-7,10-11,20-21H,8-9,13-14H2,1-3H3,(H,28,29);6-7,11H,4-5H2,1-3H3,(H,17,18)(H,19,20);1-4,10,12H,6-7H2;1H. The number of aromatic nitrogens is 4. The van der Waals surface area contributed by atoms with E-state index in [4.69, 9.17) is 15.5 Å². The SMILES string of the molecule is Cc1cc(C)c(-c2nc(C3CC3)[nH]c2C)cc1C(=O)N1CC(c2ccc(C#N)cc2)C1.Cc1cc(C)c(-c2nc(C3CC3)[nH]c2C)cc1C(=O)O.Cl.N#Cc1ccc(C2CNC2)cc1. The summed E-state index contributed by atoms with van der Waals surface area (Å²) in [6, 6.07) is 27.6. The van der Waals surface area contributed by atoms with E-state index in [1.807, 2.05) is 93.3 Å². The van der Waals surface area contributed by atoms with Crippen LogP contribution in [0.2, 0.25) is 0 Å². The Labute approximate surface area is 381 Å². The van der Waals surface area contributed by atoms with E-state index in [9.17, 15) is 14.7 Å². The molecule has 11 nitrogen and oxygen atoms in total. The van der Waals surface area contributed by atoms with E-state index in [2.05, 4.69) is 52.3 Å². The van der Waals surface area contributed by atoms with Crippen LogP contribution < -0.4 is 5.32 Å². The predicted octanol–water partition coefficient (Wildman–Crippen LogP) is 10.2. The molecule has 2 saturated carbocycles. The molecule has 0 atom stereocenters. The van der Waals surface area contributed by atoms with Gasteiger partial charge in [0.1, 0.15) is 11.6 Å². The number of likely N-dealkylation sites (tertiary alicyclic amines) is 1. The van der Waals surface area contributed by atoms with Crippen LogP contribution >= 0.6 is 12.4 Å². The van der Waals surface area contributed by atoms with Gasteiger partial charge in [-0.1, -0.05) is 36.4 Å². The second-order valence-corrected chi connectivity index (χ2v) is 17.7. The number of imidazole rings is 2. The number of aromatic amines is 2. The maximum absolute atomic E-state index is 13.3. The lowest BCUT2D eigenvalue weighted by Crippen LogP contribution is -2.48. The molecule has 2 aliphatic carbocycles. The van der Waals surface area contributed by atoms with Gasteiger partial charge in [0.05, 0.1) is 40.2 Å². The van der Waals surface area contributed by atoms with Crippen LogP contribution in [0.15, 0.2) is 72.8 Å². The molecule has 4 fully saturated rings. The van der Waals surface area contributed by atoms with Crippen molar-refractivity contribution in [2.45, 2.75) is 90.9 Å². The number of H-pyrrole nitrogens is 2. The number of amides is 1. The summed E-state index contributed by atoms with van der Waals surface area (Å²) in [6.07, 6.45) is 4.80. The van der Waals surface area contributed by atoms with Crippen LogP contribution in [0.3, 0.4) is 0 Å². The molecule has 0 radical (unpaired) electrons. The van der Waals surface area contributed by atoms with Gasteiger partial charge >= 0.3 is 5.97 Å². The van der Waals surface area contributed by atoms with Crippen molar-refractivity contribution in [3.8, 4) is 34.7 Å². The summed E-state index contributed by atoms with van der Waals surface area (Å²) < 4.78 is 0. The van der Waals surface area contributed by atoms with Gasteiger partial charge in [-0.15, -0.1) is 12.4 Å². The second kappa shape index (κ2) is 19.1. The summed E-state index contributed by atoms with van der Waals surface area (Å²) >= 11 is 0. The number of carboxylic acid groups (broad SMARTS) is 1. The first-order chi connectivity index (χ1) is 30.3. The highest BCUT2D eigenvalue weighted by atomic mass is 35.5. The second-order valence-electron chi connectivity index (χ2n) is 17.7. The lowest BCUT2D eigenvalue weighted by Gasteiger charge is -2.40. The maximum atomic E-state index is 13.3. The highest BCUT2D eigenvalue weighted by Crippen LogP contribution is 2.41. The largest absolute Gasteiger partial charge is 0.478 e. The molecule has 10 rings (SSSR count). The minimum Gasteiger partial charge on any atom is -0.478 e. The number of hydrogen-bond acceptors (Lipinski definition) is 7. The van der Waals surface area contributed by atoms with Crippen molar-refractivity contribution in [2.75, 3.05) is 26.2 Å². The molecule has 4 N–H and O–H groups in total. The van der Waals surface area contributed by atoms with E-state index in [0.29, 0.717) is 47.9 Å². The Morgan fingerprint density at radius 3 is 1.42 bits per heavy atom. The van der Waals surface area contributed by atoms with Crippen molar-refractivity contribution < 1.29 is 14.7 Å². The average molecular weight is 876 g/mol. The van der Waals surface area contributed by atoms with E-state index >= 15 is 0 Å². The molecule has 2 saturated heterocycles. The third-order valence-electron chi connectivity index (χ3n) is 12.8. The topological polar surface area (TPSA) is 175 Å². The van der Waals surface area contributed by atoms with Gasteiger partial charge in [0, 0.05) is 77.9 Å². The minimum atomic E-state index is -0.889. The summed E-state index contributed by atoms with van der Waals surface area (Å²) in [4.78, 5) is 42.8. The van der Waals surface area contributed by atoms with Crippen molar-refractivity contribution >= 4 is 24.3 Å². The van der Waals surface area contributed by atoms with Crippen LogP contribution in [0.5, 0.6) is 0 Å². The van der Waals surface area contributed by atoms with E-state index in [1.165, 1.54) is 36.8 Å². The van der Waals surface area contributed by atoms with Crippen LogP contribution in [0.4, 0.5) is 0 Å². The number of hydrogen-bond donors (Lipinski definition) is 4. The van der Waals surface area contributed by atoms with Gasteiger partial charge in [-0.3, -0.25) is 4.79 Å². The molecule has 4 aliphatic rings. The Bertz CT molecular complexity index is 2780.